The maximum Gasteiger partial charge on any atom is 0.308 e. The van der Waals surface area contributed by atoms with Gasteiger partial charge in [-0.1, -0.05) is 27.7 Å². The van der Waals surface area contributed by atoms with Crippen molar-refractivity contribution in [1.82, 2.24) is 0 Å². The highest BCUT2D eigenvalue weighted by atomic mass is 16.4. The third-order valence-electron chi connectivity index (χ3n) is 0.642. The molecule has 74 valence electrons. The van der Waals surface area contributed by atoms with Gasteiger partial charge in [-0.2, -0.15) is 0 Å². The molecule has 0 saturated carbocycles. The minimum atomic E-state index is -0.757. The van der Waals surface area contributed by atoms with Crippen LogP contribution in [0.2, 0.25) is 0 Å². The Morgan fingerprint density at radius 3 is 1.00 bits per heavy atom. The molecule has 0 heterocycles. The molecule has 0 unspecified atom stereocenters. The van der Waals surface area contributed by atoms with Crippen LogP contribution in [-0.2, 0) is 4.79 Å². The molecule has 0 saturated heterocycles. The molecule has 0 bridgehead atoms. The van der Waals surface area contributed by atoms with E-state index in [9.17, 15) is 4.79 Å². The van der Waals surface area contributed by atoms with E-state index in [0.29, 0.717) is 5.41 Å². The molecule has 0 aliphatic heterocycles. The summed E-state index contributed by atoms with van der Waals surface area (Å²) in [7, 11) is 0. The molecule has 0 atom stereocenters. The quantitative estimate of drug-likeness (QED) is 0.612. The second-order valence-electron chi connectivity index (χ2n) is 5.56. The molecule has 0 rings (SSSR count). The maximum atomic E-state index is 10.0. The van der Waals surface area contributed by atoms with Crippen molar-refractivity contribution in [3.8, 4) is 0 Å². The lowest BCUT2D eigenvalue weighted by molar-refractivity contribution is -0.145. The summed E-state index contributed by atoms with van der Waals surface area (Å²) >= 11 is 0. The second kappa shape index (κ2) is 4.48. The van der Waals surface area contributed by atoms with Crippen LogP contribution in [0.4, 0.5) is 0 Å². The van der Waals surface area contributed by atoms with Crippen LogP contribution in [0.25, 0.3) is 0 Å². The molecule has 0 aliphatic carbocycles. The fourth-order valence-electron chi connectivity index (χ4n) is 0. The van der Waals surface area contributed by atoms with Gasteiger partial charge in [0, 0.05) is 0 Å². The number of hydrogen-bond acceptors (Lipinski definition) is 1. The molecule has 1 N–H and O–H groups in total. The lowest BCUT2D eigenvalue weighted by Gasteiger charge is -2.08. The van der Waals surface area contributed by atoms with E-state index in [1.807, 2.05) is 0 Å². The predicted octanol–water partition coefficient (Wildman–Crippen LogP) is 3.17. The van der Waals surface area contributed by atoms with Crippen LogP contribution in [0, 0.1) is 10.8 Å². The average molecular weight is 174 g/mol. The van der Waals surface area contributed by atoms with E-state index in [1.54, 1.807) is 20.8 Å². The zero-order valence-electron chi connectivity index (χ0n) is 9.36. The Bertz CT molecular complexity index is 129. The zero-order valence-corrected chi connectivity index (χ0v) is 9.36. The zero-order chi connectivity index (χ0) is 10.6. The van der Waals surface area contributed by atoms with Gasteiger partial charge in [0.25, 0.3) is 0 Å². The number of hydrogen-bond donors (Lipinski definition) is 1. The van der Waals surface area contributed by atoms with Crippen molar-refractivity contribution < 1.29 is 9.90 Å². The molecular formula is C10H22O2. The Hall–Kier alpha value is -0.530. The van der Waals surface area contributed by atoms with Crippen molar-refractivity contribution in [2.75, 3.05) is 0 Å². The first-order valence-electron chi connectivity index (χ1n) is 4.18. The van der Waals surface area contributed by atoms with Crippen molar-refractivity contribution in [3.05, 3.63) is 0 Å². The van der Waals surface area contributed by atoms with Crippen molar-refractivity contribution >= 4 is 5.97 Å². The lowest BCUT2D eigenvalue weighted by Crippen LogP contribution is -2.18. The summed E-state index contributed by atoms with van der Waals surface area (Å²) in [5, 5.41) is 8.25. The fourth-order valence-corrected chi connectivity index (χ4v) is 0. The highest BCUT2D eigenvalue weighted by Gasteiger charge is 2.18. The highest BCUT2D eigenvalue weighted by Crippen LogP contribution is 2.11. The number of carbonyl (C=O) groups is 1. The summed E-state index contributed by atoms with van der Waals surface area (Å²) in [6.07, 6.45) is 0. The van der Waals surface area contributed by atoms with Crippen molar-refractivity contribution in [2.45, 2.75) is 48.5 Å². The van der Waals surface area contributed by atoms with Gasteiger partial charge in [-0.15, -0.1) is 0 Å². The SMILES string of the molecule is CC(C)(C)C.CC(C)(C)C(=O)O. The summed E-state index contributed by atoms with van der Waals surface area (Å²) in [6, 6.07) is 0. The first-order chi connectivity index (χ1) is 4.94. The van der Waals surface area contributed by atoms with Crippen LogP contribution in [0.5, 0.6) is 0 Å². The third-order valence-corrected chi connectivity index (χ3v) is 0.642. The molecular weight excluding hydrogens is 152 g/mol. The smallest absolute Gasteiger partial charge is 0.308 e. The summed E-state index contributed by atoms with van der Waals surface area (Å²) < 4.78 is 0. The van der Waals surface area contributed by atoms with E-state index in [1.165, 1.54) is 0 Å². The van der Waals surface area contributed by atoms with Crippen LogP contribution in [0.15, 0.2) is 0 Å². The van der Waals surface area contributed by atoms with E-state index in [2.05, 4.69) is 27.7 Å². The Morgan fingerprint density at radius 1 is 0.917 bits per heavy atom. The van der Waals surface area contributed by atoms with E-state index >= 15 is 0 Å². The third kappa shape index (κ3) is 22.7. The monoisotopic (exact) mass is 174 g/mol. The van der Waals surface area contributed by atoms with E-state index < -0.39 is 11.4 Å². The van der Waals surface area contributed by atoms with Crippen molar-refractivity contribution in [2.24, 2.45) is 10.8 Å². The Balaban J connectivity index is 0. The van der Waals surface area contributed by atoms with E-state index in [0.717, 1.165) is 0 Å². The van der Waals surface area contributed by atoms with Gasteiger partial charge in [-0.3, -0.25) is 4.79 Å². The van der Waals surface area contributed by atoms with E-state index in [-0.39, 0.29) is 0 Å². The number of rotatable bonds is 0. The van der Waals surface area contributed by atoms with Gasteiger partial charge in [-0.25, -0.2) is 0 Å². The molecule has 0 aromatic rings. The Kier molecular flexibility index (Phi) is 5.24. The van der Waals surface area contributed by atoms with Gasteiger partial charge in [0.2, 0.25) is 0 Å². The number of carboxylic acid groups (broad SMARTS) is 1. The van der Waals surface area contributed by atoms with Crippen LogP contribution in [-0.4, -0.2) is 11.1 Å². The summed E-state index contributed by atoms with van der Waals surface area (Å²) in [4.78, 5) is 10.0. The van der Waals surface area contributed by atoms with Gasteiger partial charge in [-0.05, 0) is 26.2 Å². The van der Waals surface area contributed by atoms with Gasteiger partial charge in [0.1, 0.15) is 0 Å². The molecule has 0 aromatic carbocycles. The number of carboxylic acids is 1. The summed E-state index contributed by atoms with van der Waals surface area (Å²) in [5.74, 6) is -0.757. The van der Waals surface area contributed by atoms with Crippen LogP contribution >= 0.6 is 0 Å². The van der Waals surface area contributed by atoms with Crippen LogP contribution < -0.4 is 0 Å². The van der Waals surface area contributed by atoms with Gasteiger partial charge in [0.05, 0.1) is 5.41 Å². The van der Waals surface area contributed by atoms with E-state index in [4.69, 9.17) is 5.11 Å². The van der Waals surface area contributed by atoms with Crippen LogP contribution in [0.3, 0.4) is 0 Å². The molecule has 0 radical (unpaired) electrons. The Morgan fingerprint density at radius 2 is 1.00 bits per heavy atom. The minimum absolute atomic E-state index is 0.500. The standard InChI is InChI=1S/C5H10O2.C5H12/c1-5(2,3)4(6)7;1-5(2,3)4/h1-3H3,(H,6,7);1-4H3. The number of aliphatic carboxylic acids is 1. The molecule has 0 aromatic heterocycles. The van der Waals surface area contributed by atoms with Gasteiger partial charge < -0.3 is 5.11 Å². The summed E-state index contributed by atoms with van der Waals surface area (Å²) in [6.45, 7) is 13.7. The average Bonchev–Trinajstić information content (AvgIpc) is 1.55. The topological polar surface area (TPSA) is 37.3 Å². The predicted molar refractivity (Wildman–Crippen MR) is 52.2 cm³/mol. The highest BCUT2D eigenvalue weighted by molar-refractivity contribution is 5.72. The fraction of sp³-hybridized carbons (Fsp3) is 0.900. The van der Waals surface area contributed by atoms with Crippen LogP contribution in [0.1, 0.15) is 48.5 Å². The van der Waals surface area contributed by atoms with Gasteiger partial charge >= 0.3 is 5.97 Å². The first kappa shape index (κ1) is 14.0. The molecule has 0 aliphatic rings. The summed E-state index contributed by atoms with van der Waals surface area (Å²) in [5.41, 5.74) is -0.0833. The maximum absolute atomic E-state index is 10.0. The van der Waals surface area contributed by atoms with Crippen molar-refractivity contribution in [1.29, 1.82) is 0 Å². The second-order valence-corrected chi connectivity index (χ2v) is 5.56. The normalized spacial score (nSPS) is 11.6. The first-order valence-corrected chi connectivity index (χ1v) is 4.18. The van der Waals surface area contributed by atoms with Gasteiger partial charge in [0.15, 0.2) is 0 Å². The van der Waals surface area contributed by atoms with Crippen molar-refractivity contribution in [3.63, 3.8) is 0 Å². The molecule has 0 amide bonds. The lowest BCUT2D eigenvalue weighted by atomic mass is 9.98. The molecule has 0 spiro atoms. The molecule has 2 nitrogen and oxygen atoms in total. The molecule has 12 heavy (non-hydrogen) atoms. The molecule has 2 heteroatoms. The Labute approximate surface area is 76.0 Å². The minimum Gasteiger partial charge on any atom is -0.481 e. The molecule has 0 fully saturated rings. The largest absolute Gasteiger partial charge is 0.481 e.